The van der Waals surface area contributed by atoms with Crippen LogP contribution in [0.4, 0.5) is 8.78 Å². The van der Waals surface area contributed by atoms with Gasteiger partial charge in [-0.2, -0.15) is 4.99 Å². The number of aromatic nitrogens is 1. The molecule has 0 radical (unpaired) electrons. The molecule has 1 aliphatic rings. The Balaban J connectivity index is 1.82. The SMILES string of the molecule is COC(=O)Cn1c(=NC(=O)c2ccc3c(c2)CCCC3)sc2cc(F)cc(F)c21. The summed E-state index contributed by atoms with van der Waals surface area (Å²) in [7, 11) is 1.21. The molecule has 2 aromatic carbocycles. The second-order valence-electron chi connectivity index (χ2n) is 6.89. The Morgan fingerprint density at radius 3 is 2.66 bits per heavy atom. The van der Waals surface area contributed by atoms with Gasteiger partial charge < -0.3 is 9.30 Å². The van der Waals surface area contributed by atoms with Gasteiger partial charge in [-0.25, -0.2) is 8.78 Å². The van der Waals surface area contributed by atoms with Gasteiger partial charge in [0.25, 0.3) is 5.91 Å². The summed E-state index contributed by atoms with van der Waals surface area (Å²) in [5, 5.41) is 0. The number of ether oxygens (including phenoxy) is 1. The second-order valence-corrected chi connectivity index (χ2v) is 7.90. The van der Waals surface area contributed by atoms with Gasteiger partial charge in [0.15, 0.2) is 10.6 Å². The van der Waals surface area contributed by atoms with Gasteiger partial charge in [0.2, 0.25) is 0 Å². The molecule has 29 heavy (non-hydrogen) atoms. The van der Waals surface area contributed by atoms with Gasteiger partial charge in [-0.05, 0) is 55.0 Å². The number of fused-ring (bicyclic) bond motifs is 2. The number of benzene rings is 2. The first-order chi connectivity index (χ1) is 14.0. The van der Waals surface area contributed by atoms with E-state index in [2.05, 4.69) is 9.73 Å². The minimum Gasteiger partial charge on any atom is -0.468 e. The highest BCUT2D eigenvalue weighted by Gasteiger charge is 2.17. The zero-order valence-electron chi connectivity index (χ0n) is 15.7. The van der Waals surface area contributed by atoms with Crippen LogP contribution in [0.15, 0.2) is 35.3 Å². The standard InChI is InChI=1S/C21H18F2N2O3S/c1-28-18(26)11-25-19-16(23)9-15(22)10-17(19)29-21(25)24-20(27)14-7-6-12-4-2-3-5-13(12)8-14/h6-10H,2-5,11H2,1H3. The molecule has 150 valence electrons. The number of nitrogens with zero attached hydrogens (tertiary/aromatic N) is 2. The van der Waals surface area contributed by atoms with Crippen LogP contribution in [0.5, 0.6) is 0 Å². The summed E-state index contributed by atoms with van der Waals surface area (Å²) < 4.78 is 34.2. The zero-order chi connectivity index (χ0) is 20.5. The van der Waals surface area contributed by atoms with Crippen LogP contribution in [-0.4, -0.2) is 23.6 Å². The van der Waals surface area contributed by atoms with Crippen LogP contribution in [0.25, 0.3) is 10.2 Å². The van der Waals surface area contributed by atoms with Gasteiger partial charge in [0, 0.05) is 11.6 Å². The minimum absolute atomic E-state index is 0.0128. The molecule has 0 saturated carbocycles. The van der Waals surface area contributed by atoms with Crippen LogP contribution in [-0.2, 0) is 28.9 Å². The maximum absolute atomic E-state index is 14.4. The number of carbonyl (C=O) groups excluding carboxylic acids is 2. The average Bonchev–Trinajstić information content (AvgIpc) is 3.04. The van der Waals surface area contributed by atoms with Crippen molar-refractivity contribution < 1.29 is 23.1 Å². The molecule has 4 rings (SSSR count). The molecule has 3 aromatic rings. The van der Waals surface area contributed by atoms with E-state index >= 15 is 0 Å². The second kappa shape index (κ2) is 7.87. The third-order valence-corrected chi connectivity index (χ3v) is 6.03. The number of methoxy groups -OCH3 is 1. The van der Waals surface area contributed by atoms with Crippen LogP contribution in [0, 0.1) is 11.6 Å². The quantitative estimate of drug-likeness (QED) is 0.611. The van der Waals surface area contributed by atoms with Crippen molar-refractivity contribution in [2.75, 3.05) is 7.11 Å². The number of hydrogen-bond donors (Lipinski definition) is 0. The van der Waals surface area contributed by atoms with E-state index in [1.807, 2.05) is 12.1 Å². The van der Waals surface area contributed by atoms with E-state index < -0.39 is 23.5 Å². The molecule has 0 N–H and O–H groups in total. The molecule has 1 amide bonds. The average molecular weight is 416 g/mol. The molecule has 0 bridgehead atoms. The molecule has 1 aromatic heterocycles. The fraction of sp³-hybridized carbons (Fsp3) is 0.286. The van der Waals surface area contributed by atoms with E-state index in [0.717, 1.165) is 54.7 Å². The molecular formula is C21H18F2N2O3S. The van der Waals surface area contributed by atoms with Crippen molar-refractivity contribution in [1.29, 1.82) is 0 Å². The molecule has 0 saturated heterocycles. The summed E-state index contributed by atoms with van der Waals surface area (Å²) in [6, 6.07) is 7.41. The molecular weight excluding hydrogens is 398 g/mol. The van der Waals surface area contributed by atoms with Crippen molar-refractivity contribution in [2.45, 2.75) is 32.2 Å². The van der Waals surface area contributed by atoms with Crippen molar-refractivity contribution in [3.05, 3.63) is 63.5 Å². The molecule has 0 fully saturated rings. The fourth-order valence-electron chi connectivity index (χ4n) is 3.57. The molecule has 8 heteroatoms. The van der Waals surface area contributed by atoms with Crippen LogP contribution in [0.3, 0.4) is 0 Å². The minimum atomic E-state index is -0.831. The molecule has 5 nitrogen and oxygen atoms in total. The lowest BCUT2D eigenvalue weighted by atomic mass is 9.90. The number of carbonyl (C=O) groups is 2. The van der Waals surface area contributed by atoms with Gasteiger partial charge in [-0.3, -0.25) is 9.59 Å². The first-order valence-electron chi connectivity index (χ1n) is 9.22. The van der Waals surface area contributed by atoms with E-state index in [1.54, 1.807) is 6.07 Å². The van der Waals surface area contributed by atoms with Crippen LogP contribution in [0.1, 0.15) is 34.3 Å². The van der Waals surface area contributed by atoms with Crippen LogP contribution in [0.2, 0.25) is 0 Å². The first-order valence-corrected chi connectivity index (χ1v) is 10.0. The lowest BCUT2D eigenvalue weighted by Gasteiger charge is -2.15. The number of halogens is 2. The maximum atomic E-state index is 14.4. The summed E-state index contributed by atoms with van der Waals surface area (Å²) in [6.07, 6.45) is 4.15. The third kappa shape index (κ3) is 3.85. The van der Waals surface area contributed by atoms with Crippen molar-refractivity contribution in [1.82, 2.24) is 4.57 Å². The topological polar surface area (TPSA) is 60.7 Å². The van der Waals surface area contributed by atoms with Gasteiger partial charge in [-0.1, -0.05) is 17.4 Å². The van der Waals surface area contributed by atoms with E-state index in [9.17, 15) is 18.4 Å². The first kappa shape index (κ1) is 19.4. The van der Waals surface area contributed by atoms with Gasteiger partial charge >= 0.3 is 5.97 Å². The molecule has 0 aliphatic heterocycles. The smallest absolute Gasteiger partial charge is 0.325 e. The number of esters is 1. The van der Waals surface area contributed by atoms with Crippen molar-refractivity contribution in [3.63, 3.8) is 0 Å². The van der Waals surface area contributed by atoms with E-state index in [1.165, 1.54) is 17.2 Å². The largest absolute Gasteiger partial charge is 0.468 e. The molecule has 1 aliphatic carbocycles. The normalized spacial score (nSPS) is 14.1. The van der Waals surface area contributed by atoms with Crippen LogP contribution >= 0.6 is 11.3 Å². The molecule has 0 unspecified atom stereocenters. The Labute approximate surface area is 169 Å². The highest BCUT2D eigenvalue weighted by Crippen LogP contribution is 2.24. The Morgan fingerprint density at radius 2 is 1.90 bits per heavy atom. The Hall–Kier alpha value is -2.87. The number of thiazole rings is 1. The molecule has 0 spiro atoms. The molecule has 0 atom stereocenters. The summed E-state index contributed by atoms with van der Waals surface area (Å²) in [4.78, 5) is 28.8. The Bertz CT molecular complexity index is 1200. The lowest BCUT2D eigenvalue weighted by Crippen LogP contribution is -2.23. The highest BCUT2D eigenvalue weighted by atomic mass is 32.1. The zero-order valence-corrected chi connectivity index (χ0v) is 16.5. The van der Waals surface area contributed by atoms with E-state index in [0.29, 0.717) is 5.56 Å². The Morgan fingerprint density at radius 1 is 1.14 bits per heavy atom. The summed E-state index contributed by atoms with van der Waals surface area (Å²) >= 11 is 0.944. The van der Waals surface area contributed by atoms with Gasteiger partial charge in [0.1, 0.15) is 12.4 Å². The van der Waals surface area contributed by atoms with Gasteiger partial charge in [-0.15, -0.1) is 0 Å². The predicted octanol–water partition coefficient (Wildman–Crippen LogP) is 3.77. The fourth-order valence-corrected chi connectivity index (χ4v) is 4.64. The summed E-state index contributed by atoms with van der Waals surface area (Å²) in [5.41, 5.74) is 2.83. The number of aryl methyl sites for hydroxylation is 2. The summed E-state index contributed by atoms with van der Waals surface area (Å²) in [6.45, 7) is -0.338. The van der Waals surface area contributed by atoms with Crippen molar-refractivity contribution in [2.24, 2.45) is 4.99 Å². The van der Waals surface area contributed by atoms with Crippen LogP contribution < -0.4 is 4.80 Å². The Kier molecular flexibility index (Phi) is 5.27. The predicted molar refractivity (Wildman–Crippen MR) is 105 cm³/mol. The van der Waals surface area contributed by atoms with Crippen molar-refractivity contribution in [3.8, 4) is 0 Å². The number of amides is 1. The van der Waals surface area contributed by atoms with E-state index in [4.69, 9.17) is 0 Å². The summed E-state index contributed by atoms with van der Waals surface area (Å²) in [5.74, 6) is -2.70. The molecule has 1 heterocycles. The maximum Gasteiger partial charge on any atom is 0.325 e. The lowest BCUT2D eigenvalue weighted by molar-refractivity contribution is -0.141. The third-order valence-electron chi connectivity index (χ3n) is 5.00. The number of rotatable bonds is 3. The monoisotopic (exact) mass is 416 g/mol. The number of hydrogen-bond acceptors (Lipinski definition) is 4. The van der Waals surface area contributed by atoms with E-state index in [-0.39, 0.29) is 21.6 Å². The van der Waals surface area contributed by atoms with Crippen molar-refractivity contribution >= 4 is 33.4 Å². The highest BCUT2D eigenvalue weighted by molar-refractivity contribution is 7.16. The van der Waals surface area contributed by atoms with Gasteiger partial charge in [0.05, 0.1) is 17.3 Å².